The van der Waals surface area contributed by atoms with Crippen LogP contribution in [-0.2, 0) is 0 Å². The number of fused-ring (bicyclic) bond motifs is 1. The number of rotatable bonds is 6. The Morgan fingerprint density at radius 1 is 0.914 bits per heavy atom. The number of nitro groups is 1. The minimum absolute atomic E-state index is 0.113. The van der Waals surface area contributed by atoms with Crippen LogP contribution < -0.4 is 10.5 Å². The summed E-state index contributed by atoms with van der Waals surface area (Å²) < 4.78 is 1.16. The number of hydrogen-bond donors (Lipinski definition) is 1. The molecule has 9 nitrogen and oxygen atoms in total. The number of aliphatic hydroxyl groups is 1. The van der Waals surface area contributed by atoms with Crippen molar-refractivity contribution in [3.63, 3.8) is 0 Å². The van der Waals surface area contributed by atoms with E-state index in [0.29, 0.717) is 36.1 Å². The van der Waals surface area contributed by atoms with Gasteiger partial charge in [-0.25, -0.2) is 0 Å². The zero-order valence-corrected chi connectivity index (χ0v) is 19.1. The molecule has 5 rings (SSSR count). The molecule has 1 aliphatic rings. The zero-order chi connectivity index (χ0) is 24.4. The molecule has 0 amide bonds. The van der Waals surface area contributed by atoms with Crippen molar-refractivity contribution in [3.8, 4) is 16.9 Å². The lowest BCUT2D eigenvalue weighted by atomic mass is 10.1. The van der Waals surface area contributed by atoms with E-state index in [0.717, 1.165) is 29.0 Å². The van der Waals surface area contributed by atoms with Crippen LogP contribution in [0.3, 0.4) is 0 Å². The summed E-state index contributed by atoms with van der Waals surface area (Å²) in [6.07, 6.45) is 0. The van der Waals surface area contributed by atoms with Gasteiger partial charge in [-0.15, -0.1) is 0 Å². The van der Waals surface area contributed by atoms with Gasteiger partial charge < -0.3 is 10.0 Å². The molecule has 178 valence electrons. The third-order valence-corrected chi connectivity index (χ3v) is 6.39. The first kappa shape index (κ1) is 22.7. The Balaban J connectivity index is 1.66. The minimum atomic E-state index is -0.482. The topological polar surface area (TPSA) is 105 Å². The number of aliphatic hydroxyl groups excluding tert-OH is 1. The molecule has 0 aliphatic carbocycles. The molecule has 1 saturated heterocycles. The fraction of sp³-hybridized carbons (Fsp3) is 0.231. The molecule has 2 heterocycles. The highest BCUT2D eigenvalue weighted by atomic mass is 16.6. The van der Waals surface area contributed by atoms with E-state index in [2.05, 4.69) is 14.9 Å². The second-order valence-corrected chi connectivity index (χ2v) is 8.46. The van der Waals surface area contributed by atoms with E-state index in [1.165, 1.54) is 6.07 Å². The Morgan fingerprint density at radius 3 is 2.29 bits per heavy atom. The van der Waals surface area contributed by atoms with Gasteiger partial charge in [0.25, 0.3) is 11.2 Å². The summed E-state index contributed by atoms with van der Waals surface area (Å²) in [4.78, 5) is 29.3. The summed E-state index contributed by atoms with van der Waals surface area (Å²) in [6.45, 7) is 3.72. The normalized spacial score (nSPS) is 14.4. The molecule has 35 heavy (non-hydrogen) atoms. The average molecular weight is 472 g/mol. The van der Waals surface area contributed by atoms with Crippen LogP contribution in [0, 0.1) is 10.1 Å². The molecular formula is C26H25N5O4. The van der Waals surface area contributed by atoms with Crippen LogP contribution in [0.2, 0.25) is 0 Å². The maximum Gasteiger partial charge on any atom is 0.295 e. The summed E-state index contributed by atoms with van der Waals surface area (Å²) >= 11 is 0. The first-order chi connectivity index (χ1) is 17.1. The number of aromatic nitrogens is 2. The predicted octanol–water partition coefficient (Wildman–Crippen LogP) is 3.08. The highest BCUT2D eigenvalue weighted by Crippen LogP contribution is 2.30. The Morgan fingerprint density at radius 2 is 1.60 bits per heavy atom. The van der Waals surface area contributed by atoms with E-state index in [4.69, 9.17) is 0 Å². The number of hydrogen-bond acceptors (Lipinski definition) is 7. The smallest absolute Gasteiger partial charge is 0.295 e. The van der Waals surface area contributed by atoms with Gasteiger partial charge in [-0.1, -0.05) is 48.5 Å². The van der Waals surface area contributed by atoms with Crippen LogP contribution in [0.4, 0.5) is 11.4 Å². The third kappa shape index (κ3) is 4.39. The van der Waals surface area contributed by atoms with Crippen LogP contribution in [0.25, 0.3) is 27.7 Å². The van der Waals surface area contributed by atoms with Crippen LogP contribution in [0.15, 0.2) is 77.6 Å². The van der Waals surface area contributed by atoms with E-state index < -0.39 is 10.5 Å². The molecule has 0 bridgehead atoms. The first-order valence-electron chi connectivity index (χ1n) is 11.5. The summed E-state index contributed by atoms with van der Waals surface area (Å²) in [7, 11) is 0. The molecule has 0 radical (unpaired) electrons. The van der Waals surface area contributed by atoms with Gasteiger partial charge in [0.2, 0.25) is 0 Å². The predicted molar refractivity (Wildman–Crippen MR) is 135 cm³/mol. The molecule has 0 unspecified atom stereocenters. The fourth-order valence-corrected chi connectivity index (χ4v) is 4.57. The second kappa shape index (κ2) is 9.65. The molecular weight excluding hydrogens is 446 g/mol. The standard InChI is InChI=1S/C26H25N5O4/c32-17-16-28-12-14-29(15-13-28)20-10-11-23(31(34)35)24(18-20)30-26(33)22-9-5-4-8-21(22)25(27-30)19-6-2-1-3-7-19/h1-11,18,32H,12-17H2. The quantitative estimate of drug-likeness (QED) is 0.340. The van der Waals surface area contributed by atoms with E-state index in [9.17, 15) is 20.0 Å². The van der Waals surface area contributed by atoms with Crippen molar-refractivity contribution in [2.24, 2.45) is 0 Å². The number of β-amino-alcohol motifs (C(OH)–C–C–N with tert-alkyl or cyclic N) is 1. The van der Waals surface area contributed by atoms with Crippen LogP contribution in [-0.4, -0.2) is 64.0 Å². The lowest BCUT2D eigenvalue weighted by Crippen LogP contribution is -2.47. The van der Waals surface area contributed by atoms with Crippen molar-refractivity contribution in [2.75, 3.05) is 44.2 Å². The summed E-state index contributed by atoms with van der Waals surface area (Å²) in [5, 5.41) is 26.9. The number of nitrogens with zero attached hydrogens (tertiary/aromatic N) is 5. The van der Waals surface area contributed by atoms with Crippen molar-refractivity contribution < 1.29 is 10.0 Å². The third-order valence-electron chi connectivity index (χ3n) is 6.39. The number of anilines is 1. The molecule has 0 spiro atoms. The Kier molecular flexibility index (Phi) is 6.26. The fourth-order valence-electron chi connectivity index (χ4n) is 4.57. The molecule has 0 saturated carbocycles. The SMILES string of the molecule is O=c1c2ccccc2c(-c2ccccc2)nn1-c1cc(N2CCN(CCO)CC2)ccc1[N+](=O)[O-]. The molecule has 0 atom stereocenters. The van der Waals surface area contributed by atoms with Crippen LogP contribution in [0.5, 0.6) is 0 Å². The zero-order valence-electron chi connectivity index (χ0n) is 19.1. The summed E-state index contributed by atoms with van der Waals surface area (Å²) in [5.41, 5.74) is 1.73. The molecule has 9 heteroatoms. The Hall–Kier alpha value is -4.08. The largest absolute Gasteiger partial charge is 0.395 e. The lowest BCUT2D eigenvalue weighted by Gasteiger charge is -2.35. The van der Waals surface area contributed by atoms with Gasteiger partial charge in [0.1, 0.15) is 5.69 Å². The van der Waals surface area contributed by atoms with Crippen LogP contribution >= 0.6 is 0 Å². The van der Waals surface area contributed by atoms with Crippen molar-refractivity contribution in [1.82, 2.24) is 14.7 Å². The van der Waals surface area contributed by atoms with Gasteiger partial charge in [-0.05, 0) is 18.2 Å². The maximum absolute atomic E-state index is 13.5. The van der Waals surface area contributed by atoms with E-state index in [1.54, 1.807) is 24.3 Å². The van der Waals surface area contributed by atoms with Gasteiger partial charge >= 0.3 is 0 Å². The summed E-state index contributed by atoms with van der Waals surface area (Å²) in [6, 6.07) is 21.5. The van der Waals surface area contributed by atoms with Crippen LogP contribution in [0.1, 0.15) is 0 Å². The van der Waals surface area contributed by atoms with E-state index in [1.807, 2.05) is 42.5 Å². The maximum atomic E-state index is 13.5. The number of piperazine rings is 1. The van der Waals surface area contributed by atoms with Gasteiger partial charge in [-0.2, -0.15) is 9.78 Å². The van der Waals surface area contributed by atoms with E-state index >= 15 is 0 Å². The number of nitro benzene ring substituents is 1. The molecule has 1 aliphatic heterocycles. The Labute approximate surface area is 201 Å². The first-order valence-corrected chi connectivity index (χ1v) is 11.5. The molecule has 3 aromatic carbocycles. The molecule has 1 fully saturated rings. The van der Waals surface area contributed by atoms with Gasteiger partial charge in [0, 0.05) is 55.4 Å². The molecule has 1 aromatic heterocycles. The van der Waals surface area contributed by atoms with Crippen molar-refractivity contribution in [3.05, 3.63) is 93.3 Å². The highest BCUT2D eigenvalue weighted by molar-refractivity contribution is 5.94. The minimum Gasteiger partial charge on any atom is -0.395 e. The molecule has 1 N–H and O–H groups in total. The Bertz CT molecular complexity index is 1430. The second-order valence-electron chi connectivity index (χ2n) is 8.46. The summed E-state index contributed by atoms with van der Waals surface area (Å²) in [5.74, 6) is 0. The van der Waals surface area contributed by atoms with Gasteiger partial charge in [0.05, 0.1) is 22.6 Å². The van der Waals surface area contributed by atoms with Crippen molar-refractivity contribution in [2.45, 2.75) is 0 Å². The van der Waals surface area contributed by atoms with Gasteiger partial charge in [-0.3, -0.25) is 19.8 Å². The number of benzene rings is 3. The van der Waals surface area contributed by atoms with E-state index in [-0.39, 0.29) is 18.0 Å². The molecule has 4 aromatic rings. The highest BCUT2D eigenvalue weighted by Gasteiger charge is 2.24. The average Bonchev–Trinajstić information content (AvgIpc) is 2.90. The monoisotopic (exact) mass is 471 g/mol. The lowest BCUT2D eigenvalue weighted by molar-refractivity contribution is -0.384. The van der Waals surface area contributed by atoms with Gasteiger partial charge in [0.15, 0.2) is 0 Å². The van der Waals surface area contributed by atoms with Crippen molar-refractivity contribution in [1.29, 1.82) is 0 Å². The van der Waals surface area contributed by atoms with Crippen molar-refractivity contribution >= 4 is 22.1 Å².